The van der Waals surface area contributed by atoms with Gasteiger partial charge in [0, 0.05) is 11.4 Å². The summed E-state index contributed by atoms with van der Waals surface area (Å²) in [4.78, 5) is 25.5. The molecular weight excluding hydrogens is 343 g/mol. The van der Waals surface area contributed by atoms with E-state index in [0.29, 0.717) is 24.4 Å². The minimum atomic E-state index is -1.05. The lowest BCUT2D eigenvalue weighted by atomic mass is 9.94. The highest BCUT2D eigenvalue weighted by atomic mass is 19.1. The number of rotatable bonds is 5. The Bertz CT molecular complexity index is 884. The van der Waals surface area contributed by atoms with E-state index in [1.165, 1.54) is 29.8 Å². The molecule has 2 amide bonds. The summed E-state index contributed by atoms with van der Waals surface area (Å²) in [6, 6.07) is 9.58. The number of halogens is 1. The van der Waals surface area contributed by atoms with E-state index in [-0.39, 0.29) is 17.6 Å². The molecule has 142 valence electrons. The van der Waals surface area contributed by atoms with Gasteiger partial charge in [-0.05, 0) is 79.6 Å². The third-order valence-corrected chi connectivity index (χ3v) is 5.20. The highest BCUT2D eigenvalue weighted by Gasteiger charge is 2.56. The maximum Gasteiger partial charge on any atom is 0.240 e. The number of benzene rings is 2. The molecule has 1 aliphatic carbocycles. The van der Waals surface area contributed by atoms with Crippen molar-refractivity contribution >= 4 is 23.2 Å². The standard InChI is InChI=1S/C22H25FN2O2/c1-13(2)18-11-15(4)19(12-14(18)3)25-21(27)22(9-10-22)20(26)24-17-7-5-16(23)6-8-17/h5-8,11-13H,9-10H2,1-4H3,(H,24,26)(H,25,27). The Kier molecular flexibility index (Phi) is 5.05. The number of aryl methyl sites for hydroxylation is 2. The van der Waals surface area contributed by atoms with E-state index < -0.39 is 5.41 Å². The maximum atomic E-state index is 13.0. The van der Waals surface area contributed by atoms with Crippen molar-refractivity contribution in [3.63, 3.8) is 0 Å². The molecule has 1 fully saturated rings. The largest absolute Gasteiger partial charge is 0.325 e. The lowest BCUT2D eigenvalue weighted by Crippen LogP contribution is -2.35. The average molecular weight is 368 g/mol. The quantitative estimate of drug-likeness (QED) is 0.736. The Morgan fingerprint density at radius 3 is 2.11 bits per heavy atom. The van der Waals surface area contributed by atoms with Crippen molar-refractivity contribution < 1.29 is 14.0 Å². The van der Waals surface area contributed by atoms with E-state index in [4.69, 9.17) is 0 Å². The summed E-state index contributed by atoms with van der Waals surface area (Å²) in [5.41, 5.74) is 3.52. The number of carbonyl (C=O) groups is 2. The first kappa shape index (κ1) is 19.1. The van der Waals surface area contributed by atoms with Gasteiger partial charge in [-0.2, -0.15) is 0 Å². The summed E-state index contributed by atoms with van der Waals surface area (Å²) in [5, 5.41) is 5.66. The number of nitrogens with one attached hydrogen (secondary N) is 2. The predicted octanol–water partition coefficient (Wildman–Crippen LogP) is 4.92. The third-order valence-electron chi connectivity index (χ3n) is 5.20. The summed E-state index contributed by atoms with van der Waals surface area (Å²) >= 11 is 0. The van der Waals surface area contributed by atoms with Crippen LogP contribution in [-0.2, 0) is 9.59 Å². The second-order valence-corrected chi connectivity index (χ2v) is 7.68. The Balaban J connectivity index is 1.74. The summed E-state index contributed by atoms with van der Waals surface area (Å²) in [7, 11) is 0. The molecule has 2 N–H and O–H groups in total. The van der Waals surface area contributed by atoms with Crippen molar-refractivity contribution in [2.45, 2.75) is 46.5 Å². The molecule has 1 aliphatic rings. The molecule has 0 unspecified atom stereocenters. The van der Waals surface area contributed by atoms with Gasteiger partial charge < -0.3 is 10.6 Å². The summed E-state index contributed by atoms with van der Waals surface area (Å²) in [6.45, 7) is 8.26. The van der Waals surface area contributed by atoms with Crippen LogP contribution in [-0.4, -0.2) is 11.8 Å². The summed E-state index contributed by atoms with van der Waals surface area (Å²) in [6.07, 6.45) is 1.02. The lowest BCUT2D eigenvalue weighted by molar-refractivity contribution is -0.131. The molecule has 5 heteroatoms. The van der Waals surface area contributed by atoms with E-state index >= 15 is 0 Å². The molecule has 0 radical (unpaired) electrons. The van der Waals surface area contributed by atoms with Crippen molar-refractivity contribution in [3.05, 3.63) is 58.9 Å². The van der Waals surface area contributed by atoms with Crippen LogP contribution in [0.2, 0.25) is 0 Å². The van der Waals surface area contributed by atoms with E-state index in [1.54, 1.807) is 0 Å². The van der Waals surface area contributed by atoms with Gasteiger partial charge in [-0.1, -0.05) is 19.9 Å². The number of amides is 2. The van der Waals surface area contributed by atoms with Crippen LogP contribution in [0.25, 0.3) is 0 Å². The van der Waals surface area contributed by atoms with Crippen molar-refractivity contribution in [1.82, 2.24) is 0 Å². The Hall–Kier alpha value is -2.69. The van der Waals surface area contributed by atoms with E-state index in [0.717, 1.165) is 16.8 Å². The van der Waals surface area contributed by atoms with Crippen LogP contribution >= 0.6 is 0 Å². The third kappa shape index (κ3) is 3.87. The topological polar surface area (TPSA) is 58.2 Å². The Morgan fingerprint density at radius 1 is 0.963 bits per heavy atom. The van der Waals surface area contributed by atoms with Gasteiger partial charge >= 0.3 is 0 Å². The van der Waals surface area contributed by atoms with Crippen molar-refractivity contribution in [3.8, 4) is 0 Å². The van der Waals surface area contributed by atoms with E-state index in [2.05, 4.69) is 30.5 Å². The molecule has 1 saturated carbocycles. The summed E-state index contributed by atoms with van der Waals surface area (Å²) in [5.74, 6) is -0.603. The van der Waals surface area contributed by atoms with Crippen LogP contribution in [0.3, 0.4) is 0 Å². The smallest absolute Gasteiger partial charge is 0.240 e. The highest BCUT2D eigenvalue weighted by Crippen LogP contribution is 2.47. The molecule has 0 heterocycles. The molecule has 0 saturated heterocycles. The van der Waals surface area contributed by atoms with Crippen molar-refractivity contribution in [2.24, 2.45) is 5.41 Å². The fourth-order valence-corrected chi connectivity index (χ4v) is 3.30. The van der Waals surface area contributed by atoms with Gasteiger partial charge in [0.05, 0.1) is 0 Å². The molecule has 2 aromatic rings. The van der Waals surface area contributed by atoms with Gasteiger partial charge in [0.15, 0.2) is 0 Å². The molecule has 2 aromatic carbocycles. The zero-order chi connectivity index (χ0) is 19.8. The molecule has 0 aliphatic heterocycles. The molecular formula is C22H25FN2O2. The van der Waals surface area contributed by atoms with Gasteiger partial charge in [-0.25, -0.2) is 4.39 Å². The van der Waals surface area contributed by atoms with Gasteiger partial charge in [-0.3, -0.25) is 9.59 Å². The minimum absolute atomic E-state index is 0.290. The second kappa shape index (κ2) is 7.14. The van der Waals surface area contributed by atoms with Crippen LogP contribution in [0.1, 0.15) is 49.3 Å². The summed E-state index contributed by atoms with van der Waals surface area (Å²) < 4.78 is 13.0. The number of hydrogen-bond acceptors (Lipinski definition) is 2. The van der Waals surface area contributed by atoms with Crippen LogP contribution in [0, 0.1) is 25.1 Å². The van der Waals surface area contributed by atoms with Gasteiger partial charge in [0.1, 0.15) is 11.2 Å². The monoisotopic (exact) mass is 368 g/mol. The molecule has 4 nitrogen and oxygen atoms in total. The fourth-order valence-electron chi connectivity index (χ4n) is 3.30. The number of hydrogen-bond donors (Lipinski definition) is 2. The first-order chi connectivity index (χ1) is 12.7. The lowest BCUT2D eigenvalue weighted by Gasteiger charge is -2.19. The van der Waals surface area contributed by atoms with Gasteiger partial charge in [-0.15, -0.1) is 0 Å². The van der Waals surface area contributed by atoms with E-state index in [9.17, 15) is 14.0 Å². The van der Waals surface area contributed by atoms with Crippen LogP contribution in [0.5, 0.6) is 0 Å². The molecule has 0 aromatic heterocycles. The van der Waals surface area contributed by atoms with Crippen molar-refractivity contribution in [1.29, 1.82) is 0 Å². The molecule has 27 heavy (non-hydrogen) atoms. The number of anilines is 2. The predicted molar refractivity (Wildman–Crippen MR) is 105 cm³/mol. The molecule has 3 rings (SSSR count). The molecule has 0 spiro atoms. The molecule has 0 bridgehead atoms. The Labute approximate surface area is 159 Å². The van der Waals surface area contributed by atoms with Gasteiger partial charge in [0.25, 0.3) is 0 Å². The first-order valence-corrected chi connectivity index (χ1v) is 9.22. The maximum absolute atomic E-state index is 13.0. The zero-order valence-electron chi connectivity index (χ0n) is 16.2. The normalized spacial score (nSPS) is 14.7. The van der Waals surface area contributed by atoms with Crippen molar-refractivity contribution in [2.75, 3.05) is 10.6 Å². The van der Waals surface area contributed by atoms with Gasteiger partial charge in [0.2, 0.25) is 11.8 Å². The van der Waals surface area contributed by atoms with E-state index in [1.807, 2.05) is 19.9 Å². The second-order valence-electron chi connectivity index (χ2n) is 7.68. The SMILES string of the molecule is Cc1cc(C(C)C)c(C)cc1NC(=O)C1(C(=O)Nc2ccc(F)cc2)CC1. The van der Waals surface area contributed by atoms with Crippen LogP contribution < -0.4 is 10.6 Å². The highest BCUT2D eigenvalue weighted by molar-refractivity contribution is 6.17. The molecule has 0 atom stereocenters. The van der Waals surface area contributed by atoms with Crippen LogP contribution in [0.15, 0.2) is 36.4 Å². The Morgan fingerprint density at radius 2 is 1.56 bits per heavy atom. The minimum Gasteiger partial charge on any atom is -0.325 e. The zero-order valence-corrected chi connectivity index (χ0v) is 16.2. The number of carbonyl (C=O) groups excluding carboxylic acids is 2. The fraction of sp³-hybridized carbons (Fsp3) is 0.364. The van der Waals surface area contributed by atoms with Crippen LogP contribution in [0.4, 0.5) is 15.8 Å². The first-order valence-electron chi connectivity index (χ1n) is 9.22. The average Bonchev–Trinajstić information content (AvgIpc) is 3.41.